The van der Waals surface area contributed by atoms with Gasteiger partial charge in [0, 0.05) is 10.3 Å². The van der Waals surface area contributed by atoms with Crippen molar-refractivity contribution in [1.29, 1.82) is 0 Å². The third-order valence-corrected chi connectivity index (χ3v) is 4.52. The smallest absolute Gasteiger partial charge is 0.341 e. The number of aryl methyl sites for hydroxylation is 1. The van der Waals surface area contributed by atoms with Crippen molar-refractivity contribution in [2.75, 3.05) is 11.9 Å². The van der Waals surface area contributed by atoms with Crippen LogP contribution in [-0.2, 0) is 11.2 Å². The van der Waals surface area contributed by atoms with Gasteiger partial charge in [-0.2, -0.15) is 11.3 Å². The number of ether oxygens (including phenoxy) is 1. The highest BCUT2D eigenvalue weighted by Crippen LogP contribution is 2.29. The van der Waals surface area contributed by atoms with E-state index in [1.807, 2.05) is 12.3 Å². The van der Waals surface area contributed by atoms with E-state index in [1.165, 1.54) is 22.7 Å². The molecule has 2 rings (SSSR count). The summed E-state index contributed by atoms with van der Waals surface area (Å²) in [5, 5.41) is 6.96. The number of esters is 1. The van der Waals surface area contributed by atoms with Crippen LogP contribution in [0.5, 0.6) is 0 Å². The molecule has 0 atom stereocenters. The number of nitrogens with one attached hydrogen (secondary N) is 1. The van der Waals surface area contributed by atoms with Crippen molar-refractivity contribution in [3.63, 3.8) is 0 Å². The van der Waals surface area contributed by atoms with E-state index in [-0.39, 0.29) is 5.91 Å². The van der Waals surface area contributed by atoms with E-state index in [2.05, 4.69) is 5.32 Å². The van der Waals surface area contributed by atoms with E-state index in [9.17, 15) is 9.59 Å². The van der Waals surface area contributed by atoms with Crippen molar-refractivity contribution >= 4 is 39.6 Å². The maximum absolute atomic E-state index is 12.1. The minimum atomic E-state index is -0.399. The lowest BCUT2D eigenvalue weighted by molar-refractivity contribution is 0.0528. The fraction of sp³-hybridized carbons (Fsp3) is 0.286. The Morgan fingerprint density at radius 3 is 2.75 bits per heavy atom. The second-order valence-corrected chi connectivity index (χ2v) is 5.91. The summed E-state index contributed by atoms with van der Waals surface area (Å²) in [6.45, 7) is 4.08. The van der Waals surface area contributed by atoms with E-state index >= 15 is 0 Å². The average molecular weight is 309 g/mol. The molecule has 4 nitrogen and oxygen atoms in total. The van der Waals surface area contributed by atoms with Gasteiger partial charge in [-0.25, -0.2) is 4.79 Å². The first-order chi connectivity index (χ1) is 9.65. The van der Waals surface area contributed by atoms with Crippen molar-refractivity contribution in [1.82, 2.24) is 0 Å². The van der Waals surface area contributed by atoms with Gasteiger partial charge in [0.25, 0.3) is 5.91 Å². The second-order valence-electron chi connectivity index (χ2n) is 4.00. The van der Waals surface area contributed by atoms with Crippen LogP contribution in [0.25, 0.3) is 0 Å². The molecule has 0 bridgehead atoms. The van der Waals surface area contributed by atoms with Crippen LogP contribution < -0.4 is 5.32 Å². The van der Waals surface area contributed by atoms with Gasteiger partial charge in [0.1, 0.15) is 5.00 Å². The maximum atomic E-state index is 12.1. The summed E-state index contributed by atoms with van der Waals surface area (Å²) in [5.41, 5.74) is 1.02. The monoisotopic (exact) mass is 309 g/mol. The lowest BCUT2D eigenvalue weighted by atomic mass is 10.2. The van der Waals surface area contributed by atoms with Crippen molar-refractivity contribution in [3.05, 3.63) is 38.9 Å². The summed E-state index contributed by atoms with van der Waals surface area (Å²) in [4.78, 5) is 25.0. The standard InChI is InChI=1S/C14H15NO3S2/c1-3-10-7-11(14(17)18-4-2)13(20-10)15-12(16)9-5-6-19-8-9/h5-8H,3-4H2,1-2H3,(H,15,16). The van der Waals surface area contributed by atoms with Crippen LogP contribution in [0.2, 0.25) is 0 Å². The number of anilines is 1. The van der Waals surface area contributed by atoms with Crippen LogP contribution in [0.3, 0.4) is 0 Å². The van der Waals surface area contributed by atoms with Gasteiger partial charge in [-0.15, -0.1) is 11.3 Å². The van der Waals surface area contributed by atoms with Crippen LogP contribution in [0.1, 0.15) is 39.4 Å². The maximum Gasteiger partial charge on any atom is 0.341 e. The van der Waals surface area contributed by atoms with Crippen molar-refractivity contribution in [2.24, 2.45) is 0 Å². The molecular weight excluding hydrogens is 294 g/mol. The van der Waals surface area contributed by atoms with Crippen LogP contribution in [-0.4, -0.2) is 18.5 Å². The van der Waals surface area contributed by atoms with Gasteiger partial charge < -0.3 is 10.1 Å². The summed E-state index contributed by atoms with van der Waals surface area (Å²) in [5.74, 6) is -0.606. The highest BCUT2D eigenvalue weighted by molar-refractivity contribution is 7.16. The van der Waals surface area contributed by atoms with E-state index in [1.54, 1.807) is 24.4 Å². The molecule has 0 aromatic carbocycles. The first kappa shape index (κ1) is 14.7. The fourth-order valence-corrected chi connectivity index (χ4v) is 3.25. The Bertz CT molecular complexity index is 602. The number of carbonyl (C=O) groups excluding carboxylic acids is 2. The highest BCUT2D eigenvalue weighted by Gasteiger charge is 2.19. The SMILES string of the molecule is CCOC(=O)c1cc(CC)sc1NC(=O)c1ccsc1. The minimum Gasteiger partial charge on any atom is -0.462 e. The molecule has 2 aromatic rings. The normalized spacial score (nSPS) is 10.3. The predicted molar refractivity (Wildman–Crippen MR) is 81.9 cm³/mol. The molecule has 0 aliphatic rings. The first-order valence-electron chi connectivity index (χ1n) is 6.29. The Kier molecular flexibility index (Phi) is 4.92. The molecule has 106 valence electrons. The molecule has 2 heterocycles. The molecule has 0 saturated carbocycles. The number of hydrogen-bond donors (Lipinski definition) is 1. The number of hydrogen-bond acceptors (Lipinski definition) is 5. The van der Waals surface area contributed by atoms with Crippen LogP contribution in [0.4, 0.5) is 5.00 Å². The van der Waals surface area contributed by atoms with E-state index in [0.717, 1.165) is 11.3 Å². The lowest BCUT2D eigenvalue weighted by Crippen LogP contribution is -2.13. The van der Waals surface area contributed by atoms with Gasteiger partial charge in [-0.1, -0.05) is 6.92 Å². The molecule has 2 aromatic heterocycles. The van der Waals surface area contributed by atoms with Crippen molar-refractivity contribution < 1.29 is 14.3 Å². The molecule has 6 heteroatoms. The fourth-order valence-electron chi connectivity index (χ4n) is 1.64. The Hall–Kier alpha value is -1.66. The Morgan fingerprint density at radius 1 is 1.35 bits per heavy atom. The van der Waals surface area contributed by atoms with Crippen LogP contribution >= 0.6 is 22.7 Å². The van der Waals surface area contributed by atoms with Crippen LogP contribution in [0.15, 0.2) is 22.9 Å². The first-order valence-corrected chi connectivity index (χ1v) is 8.05. The summed E-state index contributed by atoms with van der Waals surface area (Å²) in [6.07, 6.45) is 0.811. The quantitative estimate of drug-likeness (QED) is 0.855. The second kappa shape index (κ2) is 6.67. The molecule has 1 amide bonds. The highest BCUT2D eigenvalue weighted by atomic mass is 32.1. The molecule has 20 heavy (non-hydrogen) atoms. The number of rotatable bonds is 5. The summed E-state index contributed by atoms with van der Waals surface area (Å²) < 4.78 is 5.02. The zero-order valence-electron chi connectivity index (χ0n) is 11.3. The van der Waals surface area contributed by atoms with Gasteiger partial charge in [0.15, 0.2) is 0 Å². The van der Waals surface area contributed by atoms with E-state index < -0.39 is 5.97 Å². The van der Waals surface area contributed by atoms with E-state index in [4.69, 9.17) is 4.74 Å². The molecule has 0 unspecified atom stereocenters. The zero-order valence-corrected chi connectivity index (χ0v) is 12.9. The molecule has 0 saturated heterocycles. The third kappa shape index (κ3) is 3.26. The number of amides is 1. The molecule has 1 N–H and O–H groups in total. The van der Waals surface area contributed by atoms with Gasteiger partial charge in [-0.3, -0.25) is 4.79 Å². The molecule has 0 aliphatic heterocycles. The number of carbonyl (C=O) groups is 2. The van der Waals surface area contributed by atoms with Gasteiger partial charge in [-0.05, 0) is 30.9 Å². The van der Waals surface area contributed by atoms with Crippen LogP contribution in [0, 0.1) is 0 Å². The number of thiophene rings is 2. The Labute approximate surface area is 125 Å². The predicted octanol–water partition coefficient (Wildman–Crippen LogP) is 3.80. The minimum absolute atomic E-state index is 0.207. The summed E-state index contributed by atoms with van der Waals surface area (Å²) >= 11 is 2.87. The largest absolute Gasteiger partial charge is 0.462 e. The summed E-state index contributed by atoms with van der Waals surface area (Å²) in [6, 6.07) is 3.53. The lowest BCUT2D eigenvalue weighted by Gasteiger charge is -2.04. The van der Waals surface area contributed by atoms with Gasteiger partial charge in [0.05, 0.1) is 17.7 Å². The average Bonchev–Trinajstić information content (AvgIpc) is 3.08. The molecule has 0 fully saturated rings. The molecule has 0 spiro atoms. The summed E-state index contributed by atoms with van der Waals surface area (Å²) in [7, 11) is 0. The Morgan fingerprint density at radius 2 is 2.15 bits per heavy atom. The third-order valence-electron chi connectivity index (χ3n) is 2.64. The van der Waals surface area contributed by atoms with Crippen molar-refractivity contribution in [2.45, 2.75) is 20.3 Å². The topological polar surface area (TPSA) is 55.4 Å². The van der Waals surface area contributed by atoms with Gasteiger partial charge >= 0.3 is 5.97 Å². The van der Waals surface area contributed by atoms with Gasteiger partial charge in [0.2, 0.25) is 0 Å². The van der Waals surface area contributed by atoms with Crippen molar-refractivity contribution in [3.8, 4) is 0 Å². The zero-order chi connectivity index (χ0) is 14.5. The van der Waals surface area contributed by atoms with E-state index in [0.29, 0.717) is 22.7 Å². The molecule has 0 radical (unpaired) electrons. The Balaban J connectivity index is 2.23. The molecule has 0 aliphatic carbocycles. The molecular formula is C14H15NO3S2.